The van der Waals surface area contributed by atoms with Crippen LogP contribution in [-0.2, 0) is 5.75 Å². The second-order valence-electron chi connectivity index (χ2n) is 6.85. The molecule has 2 aromatic carbocycles. The van der Waals surface area contributed by atoms with Gasteiger partial charge in [-0.05, 0) is 42.8 Å². The molecule has 4 aromatic rings. The molecule has 0 saturated carbocycles. The Bertz CT molecular complexity index is 1210. The highest BCUT2D eigenvalue weighted by atomic mass is 32.2. The summed E-state index contributed by atoms with van der Waals surface area (Å²) in [7, 11) is 0. The Labute approximate surface area is 177 Å². The quantitative estimate of drug-likeness (QED) is 0.482. The van der Waals surface area contributed by atoms with E-state index >= 15 is 0 Å². The van der Waals surface area contributed by atoms with Crippen LogP contribution < -0.4 is 9.47 Å². The summed E-state index contributed by atoms with van der Waals surface area (Å²) in [6, 6.07) is 15.1. The SMILES string of the molecule is Cc1ccc(O)c(-c2nnc(SCc3cccnc3)n2-c2ccc3c(c2)OCO3)c1. The maximum Gasteiger partial charge on any atom is 0.231 e. The van der Waals surface area contributed by atoms with Crippen molar-refractivity contribution in [2.45, 2.75) is 17.8 Å². The summed E-state index contributed by atoms with van der Waals surface area (Å²) < 4.78 is 12.9. The van der Waals surface area contributed by atoms with E-state index in [0.29, 0.717) is 33.8 Å². The van der Waals surface area contributed by atoms with Crippen LogP contribution >= 0.6 is 11.8 Å². The molecule has 0 unspecified atom stereocenters. The monoisotopic (exact) mass is 418 g/mol. The molecule has 30 heavy (non-hydrogen) atoms. The molecule has 1 aliphatic rings. The molecule has 5 rings (SSSR count). The van der Waals surface area contributed by atoms with Crippen molar-refractivity contribution in [1.82, 2.24) is 19.7 Å². The van der Waals surface area contributed by atoms with Gasteiger partial charge in [0.15, 0.2) is 22.5 Å². The standard InChI is InChI=1S/C22H18N4O3S/c1-14-4-6-18(27)17(9-14)21-24-25-22(30-12-15-3-2-8-23-11-15)26(21)16-5-7-19-20(10-16)29-13-28-19/h2-11,27H,12-13H2,1H3. The van der Waals surface area contributed by atoms with E-state index in [2.05, 4.69) is 15.2 Å². The predicted octanol–water partition coefficient (Wildman–Crippen LogP) is 4.36. The summed E-state index contributed by atoms with van der Waals surface area (Å²) in [5.74, 6) is 2.78. The average molecular weight is 418 g/mol. The lowest BCUT2D eigenvalue weighted by Gasteiger charge is -2.12. The van der Waals surface area contributed by atoms with Gasteiger partial charge in [-0.3, -0.25) is 9.55 Å². The van der Waals surface area contributed by atoms with Crippen LogP contribution in [-0.4, -0.2) is 31.6 Å². The third kappa shape index (κ3) is 3.46. The zero-order chi connectivity index (χ0) is 20.5. The molecular weight excluding hydrogens is 400 g/mol. The maximum atomic E-state index is 10.5. The van der Waals surface area contributed by atoms with Crippen LogP contribution in [0.3, 0.4) is 0 Å². The van der Waals surface area contributed by atoms with Crippen molar-refractivity contribution in [3.8, 4) is 34.3 Å². The van der Waals surface area contributed by atoms with Gasteiger partial charge in [-0.2, -0.15) is 0 Å². The first-order valence-corrected chi connectivity index (χ1v) is 10.3. The summed E-state index contributed by atoms with van der Waals surface area (Å²) in [5.41, 5.74) is 3.55. The summed E-state index contributed by atoms with van der Waals surface area (Å²) >= 11 is 1.55. The molecule has 150 valence electrons. The van der Waals surface area contributed by atoms with Gasteiger partial charge in [-0.1, -0.05) is 29.5 Å². The van der Waals surface area contributed by atoms with Gasteiger partial charge in [-0.15, -0.1) is 10.2 Å². The van der Waals surface area contributed by atoms with Crippen LogP contribution in [0, 0.1) is 6.92 Å². The van der Waals surface area contributed by atoms with Gasteiger partial charge < -0.3 is 14.6 Å². The molecule has 0 fully saturated rings. The number of phenols is 1. The molecule has 0 atom stereocenters. The van der Waals surface area contributed by atoms with Gasteiger partial charge in [-0.25, -0.2) is 0 Å². The highest BCUT2D eigenvalue weighted by Crippen LogP contribution is 2.38. The minimum absolute atomic E-state index is 0.152. The molecule has 0 spiro atoms. The van der Waals surface area contributed by atoms with E-state index in [9.17, 15) is 5.11 Å². The van der Waals surface area contributed by atoms with E-state index < -0.39 is 0 Å². The number of aromatic nitrogens is 4. The molecule has 0 radical (unpaired) electrons. The highest BCUT2D eigenvalue weighted by molar-refractivity contribution is 7.98. The lowest BCUT2D eigenvalue weighted by atomic mass is 10.1. The number of hydrogen-bond acceptors (Lipinski definition) is 7. The molecule has 1 N–H and O–H groups in total. The van der Waals surface area contributed by atoms with Crippen LogP contribution in [0.4, 0.5) is 0 Å². The highest BCUT2D eigenvalue weighted by Gasteiger charge is 2.21. The lowest BCUT2D eigenvalue weighted by molar-refractivity contribution is 0.174. The van der Waals surface area contributed by atoms with Gasteiger partial charge >= 0.3 is 0 Å². The minimum Gasteiger partial charge on any atom is -0.507 e. The number of fused-ring (bicyclic) bond motifs is 1. The Morgan fingerprint density at radius 1 is 1.07 bits per heavy atom. The molecule has 0 aliphatic carbocycles. The van der Waals surface area contributed by atoms with Gasteiger partial charge in [0.05, 0.1) is 11.3 Å². The van der Waals surface area contributed by atoms with E-state index in [-0.39, 0.29) is 12.5 Å². The van der Waals surface area contributed by atoms with Crippen molar-refractivity contribution < 1.29 is 14.6 Å². The van der Waals surface area contributed by atoms with Crippen molar-refractivity contribution in [3.63, 3.8) is 0 Å². The lowest BCUT2D eigenvalue weighted by Crippen LogP contribution is -2.00. The summed E-state index contributed by atoms with van der Waals surface area (Å²) in [6.07, 6.45) is 3.59. The first-order valence-electron chi connectivity index (χ1n) is 9.36. The molecule has 1 aliphatic heterocycles. The fourth-order valence-corrected chi connectivity index (χ4v) is 4.14. The van der Waals surface area contributed by atoms with E-state index in [4.69, 9.17) is 9.47 Å². The van der Waals surface area contributed by atoms with Crippen LogP contribution in [0.1, 0.15) is 11.1 Å². The van der Waals surface area contributed by atoms with E-state index in [1.807, 2.05) is 60.2 Å². The fourth-order valence-electron chi connectivity index (χ4n) is 3.26. The Morgan fingerprint density at radius 3 is 2.83 bits per heavy atom. The Morgan fingerprint density at radius 2 is 1.97 bits per heavy atom. The molecule has 3 heterocycles. The minimum atomic E-state index is 0.152. The topological polar surface area (TPSA) is 82.3 Å². The smallest absolute Gasteiger partial charge is 0.231 e. The zero-order valence-electron chi connectivity index (χ0n) is 16.1. The number of benzene rings is 2. The van der Waals surface area contributed by atoms with E-state index in [1.54, 1.807) is 24.0 Å². The fraction of sp³-hybridized carbons (Fsp3) is 0.136. The summed E-state index contributed by atoms with van der Waals surface area (Å²) in [4.78, 5) is 4.17. The second-order valence-corrected chi connectivity index (χ2v) is 7.79. The number of pyridine rings is 1. The Kier molecular flexibility index (Phi) is 4.76. The Hall–Kier alpha value is -3.52. The third-order valence-corrected chi connectivity index (χ3v) is 5.73. The molecule has 0 amide bonds. The van der Waals surface area contributed by atoms with Crippen molar-refractivity contribution >= 4 is 11.8 Å². The van der Waals surface area contributed by atoms with Gasteiger partial charge in [0.25, 0.3) is 0 Å². The maximum absolute atomic E-state index is 10.5. The number of phenolic OH excluding ortho intramolecular Hbond substituents is 1. The summed E-state index contributed by atoms with van der Waals surface area (Å²) in [6.45, 7) is 2.18. The number of thioether (sulfide) groups is 1. The third-order valence-electron chi connectivity index (χ3n) is 4.73. The molecule has 7 nitrogen and oxygen atoms in total. The summed E-state index contributed by atoms with van der Waals surface area (Å²) in [5, 5.41) is 20.0. The molecule has 0 bridgehead atoms. The molecule has 0 saturated heterocycles. The van der Waals surface area contributed by atoms with Crippen LogP contribution in [0.2, 0.25) is 0 Å². The van der Waals surface area contributed by atoms with Crippen molar-refractivity contribution in [2.75, 3.05) is 6.79 Å². The van der Waals surface area contributed by atoms with Gasteiger partial charge in [0, 0.05) is 24.2 Å². The van der Waals surface area contributed by atoms with Crippen molar-refractivity contribution in [1.29, 1.82) is 0 Å². The van der Waals surface area contributed by atoms with E-state index in [0.717, 1.165) is 16.8 Å². The number of ether oxygens (including phenoxy) is 2. The number of aromatic hydroxyl groups is 1. The average Bonchev–Trinajstić information content (AvgIpc) is 3.41. The van der Waals surface area contributed by atoms with Crippen LogP contribution in [0.25, 0.3) is 17.1 Å². The second kappa shape index (κ2) is 7.72. The number of nitrogens with zero attached hydrogens (tertiary/aromatic N) is 4. The number of rotatable bonds is 5. The molecule has 8 heteroatoms. The van der Waals surface area contributed by atoms with Crippen LogP contribution in [0.5, 0.6) is 17.2 Å². The van der Waals surface area contributed by atoms with E-state index in [1.165, 1.54) is 0 Å². The first kappa shape index (κ1) is 18.5. The zero-order valence-corrected chi connectivity index (χ0v) is 17.0. The number of aryl methyl sites for hydroxylation is 1. The predicted molar refractivity (Wildman–Crippen MR) is 113 cm³/mol. The van der Waals surface area contributed by atoms with Gasteiger partial charge in [0.1, 0.15) is 5.75 Å². The largest absolute Gasteiger partial charge is 0.507 e. The van der Waals surface area contributed by atoms with Gasteiger partial charge in [0.2, 0.25) is 6.79 Å². The first-order chi connectivity index (χ1) is 14.7. The Balaban J connectivity index is 1.61. The normalized spacial score (nSPS) is 12.3. The molecular formula is C22H18N4O3S. The van der Waals surface area contributed by atoms with Crippen molar-refractivity contribution in [2.24, 2.45) is 0 Å². The number of hydrogen-bond donors (Lipinski definition) is 1. The van der Waals surface area contributed by atoms with Crippen molar-refractivity contribution in [3.05, 3.63) is 72.1 Å². The van der Waals surface area contributed by atoms with Crippen LogP contribution in [0.15, 0.2) is 66.1 Å². The molecule has 2 aromatic heterocycles.